The van der Waals surface area contributed by atoms with Crippen LogP contribution in [0.25, 0.3) is 11.2 Å². The maximum atomic E-state index is 12.2. The molecule has 2 aromatic rings. The van der Waals surface area contributed by atoms with E-state index in [1.165, 1.54) is 5.57 Å². The maximum Gasteiger partial charge on any atom is 0.280 e. The highest BCUT2D eigenvalue weighted by Crippen LogP contribution is 2.76. The molecule has 0 aromatic carbocycles. The number of imidazole rings is 1. The summed E-state index contributed by atoms with van der Waals surface area (Å²) in [5.41, 5.74) is 4.68. The standard InChI is InChI=1S/C21H30N5O4PS2/c1-5-13-14(9-16(28-13)26-10-23-17-18(26)24-20(22)25-19(17)27)29-31(32)30-15-8-12(11(2)3)6-7-21(15,4)33-31/h10,12-16H,2,5-9H2,1,3-4H3,(H3,22,24,25,27)/t12-,13+,14-,15+,16+,21+,31+/m0/s1. The minimum Gasteiger partial charge on any atom is -0.369 e. The molecule has 12 heteroatoms. The van der Waals surface area contributed by atoms with Gasteiger partial charge >= 0.3 is 0 Å². The highest BCUT2D eigenvalue weighted by molar-refractivity contribution is 8.68. The monoisotopic (exact) mass is 511 g/mol. The molecule has 3 N–H and O–H groups in total. The number of anilines is 1. The molecule has 0 amide bonds. The Hall–Kier alpha value is -1.23. The van der Waals surface area contributed by atoms with E-state index >= 15 is 0 Å². The number of hydrogen-bond acceptors (Lipinski definition) is 9. The van der Waals surface area contributed by atoms with Crippen LogP contribution in [0.5, 0.6) is 0 Å². The summed E-state index contributed by atoms with van der Waals surface area (Å²) in [6.07, 6.45) is 5.36. The second kappa shape index (κ2) is 8.46. The van der Waals surface area contributed by atoms with Crippen LogP contribution in [0.15, 0.2) is 23.3 Å². The Balaban J connectivity index is 1.35. The van der Waals surface area contributed by atoms with Crippen LogP contribution >= 0.6 is 17.1 Å². The van der Waals surface area contributed by atoms with Gasteiger partial charge in [0.15, 0.2) is 11.2 Å². The van der Waals surface area contributed by atoms with Crippen molar-refractivity contribution >= 4 is 46.0 Å². The summed E-state index contributed by atoms with van der Waals surface area (Å²) in [5, 5.41) is 0. The molecule has 5 rings (SSSR count). The Morgan fingerprint density at radius 1 is 1.55 bits per heavy atom. The predicted octanol–water partition coefficient (Wildman–Crippen LogP) is 4.28. The molecule has 2 aliphatic heterocycles. The first-order valence-electron chi connectivity index (χ1n) is 11.3. The third-order valence-electron chi connectivity index (χ3n) is 7.05. The van der Waals surface area contributed by atoms with Gasteiger partial charge in [0.1, 0.15) is 6.23 Å². The fraction of sp³-hybridized carbons (Fsp3) is 0.667. The molecule has 7 atom stereocenters. The Morgan fingerprint density at radius 2 is 2.33 bits per heavy atom. The number of aromatic amines is 1. The lowest BCUT2D eigenvalue weighted by atomic mass is 9.77. The normalized spacial score (nSPS) is 38.6. The van der Waals surface area contributed by atoms with E-state index in [-0.39, 0.29) is 46.3 Å². The predicted molar refractivity (Wildman–Crippen MR) is 134 cm³/mol. The van der Waals surface area contributed by atoms with E-state index in [2.05, 4.69) is 42.3 Å². The largest absolute Gasteiger partial charge is 0.369 e. The number of nitrogen functional groups attached to an aromatic ring is 1. The molecule has 0 spiro atoms. The number of ether oxygens (including phenoxy) is 1. The van der Waals surface area contributed by atoms with E-state index in [1.54, 1.807) is 22.3 Å². The van der Waals surface area contributed by atoms with Crippen molar-refractivity contribution in [3.05, 3.63) is 28.8 Å². The van der Waals surface area contributed by atoms with E-state index < -0.39 is 5.69 Å². The molecule has 180 valence electrons. The molecule has 3 aliphatic rings. The Labute approximate surface area is 201 Å². The van der Waals surface area contributed by atoms with E-state index in [9.17, 15) is 4.79 Å². The second-order valence-corrected chi connectivity index (χ2v) is 16.0. The molecule has 2 saturated heterocycles. The van der Waals surface area contributed by atoms with Crippen LogP contribution in [0.1, 0.15) is 59.1 Å². The number of nitrogens with zero attached hydrogens (tertiary/aromatic N) is 3. The van der Waals surface area contributed by atoms with Gasteiger partial charge in [-0.25, -0.2) is 4.98 Å². The molecule has 1 saturated carbocycles. The van der Waals surface area contributed by atoms with Crippen LogP contribution in [0.3, 0.4) is 0 Å². The number of hydrogen-bond donors (Lipinski definition) is 2. The van der Waals surface area contributed by atoms with Gasteiger partial charge in [0.05, 0.1) is 24.6 Å². The smallest absolute Gasteiger partial charge is 0.280 e. The first-order valence-corrected chi connectivity index (χ1v) is 15.4. The molecular weight excluding hydrogens is 481 g/mol. The van der Waals surface area contributed by atoms with Crippen LogP contribution in [0.4, 0.5) is 5.95 Å². The Morgan fingerprint density at radius 3 is 3.06 bits per heavy atom. The van der Waals surface area contributed by atoms with Crippen molar-refractivity contribution in [3.8, 4) is 0 Å². The highest BCUT2D eigenvalue weighted by atomic mass is 32.9. The van der Waals surface area contributed by atoms with Crippen molar-refractivity contribution < 1.29 is 13.8 Å². The van der Waals surface area contributed by atoms with Crippen molar-refractivity contribution in [1.29, 1.82) is 0 Å². The Bertz CT molecular complexity index is 1200. The zero-order valence-corrected chi connectivity index (χ0v) is 21.5. The van der Waals surface area contributed by atoms with Gasteiger partial charge in [-0.2, -0.15) is 4.98 Å². The van der Waals surface area contributed by atoms with Gasteiger partial charge < -0.3 is 19.5 Å². The average molecular weight is 512 g/mol. The summed E-state index contributed by atoms with van der Waals surface area (Å²) in [4.78, 5) is 23.1. The molecular formula is C21H30N5O4PS2. The molecule has 0 radical (unpaired) electrons. The van der Waals surface area contributed by atoms with Crippen molar-refractivity contribution in [3.63, 3.8) is 0 Å². The summed E-state index contributed by atoms with van der Waals surface area (Å²) in [5.74, 6) is 0.521. The number of rotatable bonds is 5. The van der Waals surface area contributed by atoms with E-state index in [0.717, 1.165) is 25.7 Å². The minimum atomic E-state index is -2.54. The van der Waals surface area contributed by atoms with E-state index in [0.29, 0.717) is 18.0 Å². The van der Waals surface area contributed by atoms with Crippen LogP contribution < -0.4 is 11.3 Å². The Kier molecular flexibility index (Phi) is 6.03. The summed E-state index contributed by atoms with van der Waals surface area (Å²) < 4.78 is 21.1. The van der Waals surface area contributed by atoms with E-state index in [1.807, 2.05) is 0 Å². The molecule has 0 unspecified atom stereocenters. The maximum absolute atomic E-state index is 12.2. The summed E-state index contributed by atoms with van der Waals surface area (Å²) >= 11 is 7.72. The molecule has 0 bridgehead atoms. The quantitative estimate of drug-likeness (QED) is 0.448. The van der Waals surface area contributed by atoms with Crippen LogP contribution in [0.2, 0.25) is 0 Å². The summed E-state index contributed by atoms with van der Waals surface area (Å²) in [7, 11) is 0. The second-order valence-electron chi connectivity index (χ2n) is 9.46. The fourth-order valence-electron chi connectivity index (χ4n) is 5.10. The molecule has 1 aliphatic carbocycles. The summed E-state index contributed by atoms with van der Waals surface area (Å²) in [6, 6.07) is 0. The number of nitrogens with one attached hydrogen (secondary N) is 1. The molecule has 33 heavy (non-hydrogen) atoms. The van der Waals surface area contributed by atoms with Gasteiger partial charge in [-0.05, 0) is 57.3 Å². The van der Waals surface area contributed by atoms with Crippen molar-refractivity contribution in [2.75, 3.05) is 5.73 Å². The lowest BCUT2D eigenvalue weighted by Gasteiger charge is -2.37. The number of fused-ring (bicyclic) bond motifs is 2. The third kappa shape index (κ3) is 4.21. The topological polar surface area (TPSA) is 117 Å². The fourth-order valence-corrected chi connectivity index (χ4v) is 12.7. The zero-order valence-electron chi connectivity index (χ0n) is 19.0. The van der Waals surface area contributed by atoms with Gasteiger partial charge in [-0.1, -0.05) is 30.5 Å². The van der Waals surface area contributed by atoms with E-state index in [4.69, 9.17) is 31.3 Å². The van der Waals surface area contributed by atoms with Crippen molar-refractivity contribution in [2.45, 2.75) is 82.2 Å². The SMILES string of the molecule is C=C(C)[C@H]1CC[C@@]2(C)S[P@](=S)(O[C@H]3C[C@H](n4cnc5c(=O)[nH]c(N)nc54)O[C@@H]3CC)O[C@@H]2C1. The van der Waals surface area contributed by atoms with Gasteiger partial charge in [-0.3, -0.25) is 14.3 Å². The first-order chi connectivity index (χ1) is 15.6. The van der Waals surface area contributed by atoms with Crippen molar-refractivity contribution in [2.24, 2.45) is 5.92 Å². The third-order valence-corrected chi connectivity index (χ3v) is 12.8. The zero-order chi connectivity index (χ0) is 23.5. The number of aromatic nitrogens is 4. The number of H-pyrrole nitrogens is 1. The lowest BCUT2D eigenvalue weighted by molar-refractivity contribution is -0.0151. The average Bonchev–Trinajstić information content (AvgIpc) is 3.39. The van der Waals surface area contributed by atoms with Gasteiger partial charge in [0, 0.05) is 11.2 Å². The van der Waals surface area contributed by atoms with Gasteiger partial charge in [0.25, 0.3) is 5.56 Å². The van der Waals surface area contributed by atoms with Crippen LogP contribution in [-0.4, -0.2) is 42.6 Å². The molecule has 4 heterocycles. The molecule has 2 aromatic heterocycles. The molecule has 3 fully saturated rings. The lowest BCUT2D eigenvalue weighted by Crippen LogP contribution is -2.39. The van der Waals surface area contributed by atoms with Gasteiger partial charge in [0.2, 0.25) is 11.6 Å². The molecule has 9 nitrogen and oxygen atoms in total. The summed E-state index contributed by atoms with van der Waals surface area (Å²) in [6.45, 7) is 10.6. The van der Waals surface area contributed by atoms with Crippen molar-refractivity contribution in [1.82, 2.24) is 19.5 Å². The first kappa shape index (κ1) is 23.5. The van der Waals surface area contributed by atoms with Crippen LogP contribution in [0, 0.1) is 5.92 Å². The number of allylic oxidation sites excluding steroid dienone is 1. The minimum absolute atomic E-state index is 0.0227. The van der Waals surface area contributed by atoms with Gasteiger partial charge in [-0.15, -0.1) is 0 Å². The van der Waals surface area contributed by atoms with Crippen LogP contribution in [-0.2, 0) is 25.6 Å². The highest BCUT2D eigenvalue weighted by Gasteiger charge is 2.54. The number of nitrogens with two attached hydrogens (primary N) is 1.